The van der Waals surface area contributed by atoms with Crippen molar-refractivity contribution in [3.63, 3.8) is 0 Å². The van der Waals surface area contributed by atoms with Gasteiger partial charge in [0, 0.05) is 7.05 Å². The second-order valence-electron chi connectivity index (χ2n) is 4.23. The summed E-state index contributed by atoms with van der Waals surface area (Å²) in [5.74, 6) is -0.506. The largest absolute Gasteiger partial charge is 0.477 e. The zero-order valence-corrected chi connectivity index (χ0v) is 11.5. The van der Waals surface area contributed by atoms with E-state index in [-0.39, 0.29) is 11.4 Å². The number of aromatic carboxylic acids is 1. The van der Waals surface area contributed by atoms with Crippen LogP contribution in [0.3, 0.4) is 0 Å². The number of hydrogen-bond donors (Lipinski definition) is 1. The fraction of sp³-hybridized carbons (Fsp3) is 0.231. The Bertz CT molecular complexity index is 650. The Hall–Kier alpha value is -2.01. The average Bonchev–Trinajstić information content (AvgIpc) is 2.59. The van der Waals surface area contributed by atoms with Crippen LogP contribution in [0, 0.1) is 13.8 Å². The average molecular weight is 281 g/mol. The SMILES string of the molecule is Cc1ccc(Cl)c(Oc2c(C(=O)O)c(C)nn2C)c1. The maximum absolute atomic E-state index is 11.2. The van der Waals surface area contributed by atoms with Gasteiger partial charge in [0.15, 0.2) is 0 Å². The molecule has 0 aliphatic rings. The second-order valence-corrected chi connectivity index (χ2v) is 4.64. The van der Waals surface area contributed by atoms with E-state index in [0.29, 0.717) is 16.5 Å². The summed E-state index contributed by atoms with van der Waals surface area (Å²) in [6.07, 6.45) is 0. The van der Waals surface area contributed by atoms with Crippen LogP contribution in [0.4, 0.5) is 0 Å². The van der Waals surface area contributed by atoms with E-state index >= 15 is 0 Å². The molecule has 1 heterocycles. The van der Waals surface area contributed by atoms with Gasteiger partial charge in [-0.25, -0.2) is 9.48 Å². The third-order valence-electron chi connectivity index (χ3n) is 2.68. The van der Waals surface area contributed by atoms with E-state index in [4.69, 9.17) is 16.3 Å². The Labute approximate surface area is 115 Å². The van der Waals surface area contributed by atoms with Crippen LogP contribution in [0.5, 0.6) is 11.6 Å². The third-order valence-corrected chi connectivity index (χ3v) is 2.99. The Morgan fingerprint density at radius 3 is 2.74 bits per heavy atom. The van der Waals surface area contributed by atoms with Gasteiger partial charge in [-0.05, 0) is 31.5 Å². The molecule has 6 heteroatoms. The van der Waals surface area contributed by atoms with Gasteiger partial charge in [0.1, 0.15) is 11.3 Å². The van der Waals surface area contributed by atoms with Crippen LogP contribution in [0.1, 0.15) is 21.6 Å². The number of rotatable bonds is 3. The number of ether oxygens (including phenoxy) is 1. The molecule has 0 spiro atoms. The minimum Gasteiger partial charge on any atom is -0.477 e. The molecule has 0 radical (unpaired) electrons. The summed E-state index contributed by atoms with van der Waals surface area (Å²) in [6.45, 7) is 3.52. The predicted molar refractivity (Wildman–Crippen MR) is 71.2 cm³/mol. The van der Waals surface area contributed by atoms with E-state index in [0.717, 1.165) is 5.56 Å². The van der Waals surface area contributed by atoms with E-state index < -0.39 is 5.97 Å². The first-order valence-electron chi connectivity index (χ1n) is 5.61. The first kappa shape index (κ1) is 13.4. The van der Waals surface area contributed by atoms with Crippen molar-refractivity contribution in [1.29, 1.82) is 0 Å². The number of halogens is 1. The van der Waals surface area contributed by atoms with Gasteiger partial charge in [-0.15, -0.1) is 0 Å². The maximum Gasteiger partial charge on any atom is 0.343 e. The lowest BCUT2D eigenvalue weighted by Gasteiger charge is -2.09. The number of hydrogen-bond acceptors (Lipinski definition) is 3. The standard InChI is InChI=1S/C13H13ClN2O3/c1-7-4-5-9(14)10(6-7)19-12-11(13(17)18)8(2)15-16(12)3/h4-6H,1-3H3,(H,17,18). The van der Waals surface area contributed by atoms with Crippen molar-refractivity contribution in [3.05, 3.63) is 40.0 Å². The molecule has 1 aromatic heterocycles. The van der Waals surface area contributed by atoms with Crippen molar-refractivity contribution in [2.24, 2.45) is 7.05 Å². The molecule has 2 rings (SSSR count). The molecule has 0 amide bonds. The van der Waals surface area contributed by atoms with E-state index in [9.17, 15) is 9.90 Å². The van der Waals surface area contributed by atoms with Gasteiger partial charge in [0.25, 0.3) is 0 Å². The molecular weight excluding hydrogens is 268 g/mol. The second kappa shape index (κ2) is 4.93. The molecule has 0 atom stereocenters. The number of carboxylic acids is 1. The Morgan fingerprint density at radius 2 is 2.11 bits per heavy atom. The summed E-state index contributed by atoms with van der Waals surface area (Å²) < 4.78 is 7.01. The third kappa shape index (κ3) is 2.56. The number of benzene rings is 1. The lowest BCUT2D eigenvalue weighted by molar-refractivity contribution is 0.0693. The van der Waals surface area contributed by atoms with Crippen LogP contribution in [-0.4, -0.2) is 20.9 Å². The van der Waals surface area contributed by atoms with E-state index in [2.05, 4.69) is 5.10 Å². The molecule has 1 aromatic carbocycles. The summed E-state index contributed by atoms with van der Waals surface area (Å²) in [4.78, 5) is 11.2. The van der Waals surface area contributed by atoms with Gasteiger partial charge in [0.05, 0.1) is 10.7 Å². The van der Waals surface area contributed by atoms with Crippen LogP contribution in [-0.2, 0) is 7.05 Å². The van der Waals surface area contributed by atoms with Gasteiger partial charge in [-0.1, -0.05) is 17.7 Å². The summed E-state index contributed by atoms with van der Waals surface area (Å²) in [5.41, 5.74) is 1.41. The van der Waals surface area contributed by atoms with Crippen LogP contribution < -0.4 is 4.74 Å². The number of carbonyl (C=O) groups is 1. The van der Waals surface area contributed by atoms with E-state index in [1.165, 1.54) is 4.68 Å². The van der Waals surface area contributed by atoms with Crippen LogP contribution in [0.25, 0.3) is 0 Å². The van der Waals surface area contributed by atoms with E-state index in [1.54, 1.807) is 26.1 Å². The fourth-order valence-corrected chi connectivity index (χ4v) is 1.95. The Balaban J connectivity index is 2.49. The van der Waals surface area contributed by atoms with Crippen molar-refractivity contribution < 1.29 is 14.6 Å². The summed E-state index contributed by atoms with van der Waals surface area (Å²) in [5, 5.41) is 13.7. The summed E-state index contributed by atoms with van der Waals surface area (Å²) in [7, 11) is 1.62. The number of aryl methyl sites for hydroxylation is 3. The number of carboxylic acid groups (broad SMARTS) is 1. The normalized spacial score (nSPS) is 10.5. The van der Waals surface area contributed by atoms with Crippen LogP contribution in [0.2, 0.25) is 5.02 Å². The smallest absolute Gasteiger partial charge is 0.343 e. The zero-order chi connectivity index (χ0) is 14.2. The lowest BCUT2D eigenvalue weighted by atomic mass is 10.2. The molecule has 1 N–H and O–H groups in total. The van der Waals surface area contributed by atoms with Gasteiger partial charge in [0.2, 0.25) is 5.88 Å². The molecule has 5 nitrogen and oxygen atoms in total. The fourth-order valence-electron chi connectivity index (χ4n) is 1.79. The minimum atomic E-state index is -1.08. The number of aromatic nitrogens is 2. The Kier molecular flexibility index (Phi) is 3.48. The highest BCUT2D eigenvalue weighted by Gasteiger charge is 2.22. The molecule has 0 aliphatic heterocycles. The maximum atomic E-state index is 11.2. The van der Waals surface area contributed by atoms with Crippen LogP contribution in [0.15, 0.2) is 18.2 Å². The molecule has 0 unspecified atom stereocenters. The molecule has 19 heavy (non-hydrogen) atoms. The summed E-state index contributed by atoms with van der Waals surface area (Å²) in [6, 6.07) is 5.30. The van der Waals surface area contributed by atoms with Gasteiger partial charge >= 0.3 is 5.97 Å². The van der Waals surface area contributed by atoms with Crippen molar-refractivity contribution >= 4 is 17.6 Å². The van der Waals surface area contributed by atoms with Crippen molar-refractivity contribution in [3.8, 4) is 11.6 Å². The quantitative estimate of drug-likeness (QED) is 0.938. The van der Waals surface area contributed by atoms with Gasteiger partial charge < -0.3 is 9.84 Å². The summed E-state index contributed by atoms with van der Waals surface area (Å²) >= 11 is 6.04. The molecule has 0 saturated heterocycles. The molecule has 2 aromatic rings. The molecule has 0 aliphatic carbocycles. The molecule has 0 fully saturated rings. The molecule has 0 saturated carbocycles. The zero-order valence-electron chi connectivity index (χ0n) is 10.8. The first-order valence-corrected chi connectivity index (χ1v) is 5.99. The molecule has 100 valence electrons. The molecule has 0 bridgehead atoms. The van der Waals surface area contributed by atoms with E-state index in [1.807, 2.05) is 13.0 Å². The van der Waals surface area contributed by atoms with Crippen molar-refractivity contribution in [2.75, 3.05) is 0 Å². The van der Waals surface area contributed by atoms with Gasteiger partial charge in [-0.3, -0.25) is 0 Å². The predicted octanol–water partition coefficient (Wildman–Crippen LogP) is 3.18. The number of nitrogens with zero attached hydrogens (tertiary/aromatic N) is 2. The van der Waals surface area contributed by atoms with Gasteiger partial charge in [-0.2, -0.15) is 5.10 Å². The first-order chi connectivity index (χ1) is 8.90. The highest BCUT2D eigenvalue weighted by Crippen LogP contribution is 2.32. The molecular formula is C13H13ClN2O3. The monoisotopic (exact) mass is 280 g/mol. The lowest BCUT2D eigenvalue weighted by Crippen LogP contribution is -2.02. The minimum absolute atomic E-state index is 0.0417. The topological polar surface area (TPSA) is 64.3 Å². The van der Waals surface area contributed by atoms with Crippen molar-refractivity contribution in [1.82, 2.24) is 9.78 Å². The highest BCUT2D eigenvalue weighted by molar-refractivity contribution is 6.32. The van der Waals surface area contributed by atoms with Crippen LogP contribution >= 0.6 is 11.6 Å². The van der Waals surface area contributed by atoms with Crippen molar-refractivity contribution in [2.45, 2.75) is 13.8 Å². The highest BCUT2D eigenvalue weighted by atomic mass is 35.5. The Morgan fingerprint density at radius 1 is 1.42 bits per heavy atom.